The molecule has 0 unspecified atom stereocenters. The van der Waals surface area contributed by atoms with E-state index in [0.29, 0.717) is 0 Å². The van der Waals surface area contributed by atoms with E-state index in [1.54, 1.807) is 0 Å². The van der Waals surface area contributed by atoms with Crippen LogP contribution in [0.25, 0.3) is 16.6 Å². The van der Waals surface area contributed by atoms with Crippen LogP contribution in [0.15, 0.2) is 48.7 Å². The highest BCUT2D eigenvalue weighted by Gasteiger charge is 2.05. The second-order valence-corrected chi connectivity index (χ2v) is 5.33. The third-order valence-corrected chi connectivity index (χ3v) is 3.54. The number of aliphatic hydroxyl groups is 1. The van der Waals surface area contributed by atoms with Crippen molar-refractivity contribution >= 4 is 33.5 Å². The summed E-state index contributed by atoms with van der Waals surface area (Å²) in [6, 6.07) is 14.0. The van der Waals surface area contributed by atoms with Gasteiger partial charge in [0.05, 0.1) is 24.0 Å². The van der Waals surface area contributed by atoms with E-state index in [1.807, 2.05) is 35.1 Å². The minimum absolute atomic E-state index is 0.0466. The van der Waals surface area contributed by atoms with Gasteiger partial charge in [-0.25, -0.2) is 4.68 Å². The molecule has 18 heavy (non-hydrogen) atoms. The van der Waals surface area contributed by atoms with Crippen LogP contribution >= 0.6 is 22.6 Å². The van der Waals surface area contributed by atoms with Crippen LogP contribution in [0.1, 0.15) is 5.56 Å². The van der Waals surface area contributed by atoms with E-state index in [2.05, 4.69) is 45.9 Å². The third-order valence-electron chi connectivity index (χ3n) is 2.87. The minimum atomic E-state index is 0.0466. The lowest BCUT2D eigenvalue weighted by Crippen LogP contribution is -1.97. The van der Waals surface area contributed by atoms with E-state index >= 15 is 0 Å². The SMILES string of the molecule is OCc1cccc(-n2ncc3cc(I)ccc32)c1. The predicted molar refractivity (Wildman–Crippen MR) is 79.7 cm³/mol. The molecule has 1 heterocycles. The molecule has 0 aliphatic heterocycles. The Labute approximate surface area is 118 Å². The summed E-state index contributed by atoms with van der Waals surface area (Å²) in [7, 11) is 0. The van der Waals surface area contributed by atoms with E-state index in [4.69, 9.17) is 0 Å². The number of hydrogen-bond acceptors (Lipinski definition) is 2. The van der Waals surface area contributed by atoms with Gasteiger partial charge in [0, 0.05) is 8.96 Å². The lowest BCUT2D eigenvalue weighted by molar-refractivity contribution is 0.282. The quantitative estimate of drug-likeness (QED) is 0.722. The van der Waals surface area contributed by atoms with E-state index in [1.165, 1.54) is 3.57 Å². The number of rotatable bonds is 2. The van der Waals surface area contributed by atoms with Gasteiger partial charge in [-0.2, -0.15) is 5.10 Å². The summed E-state index contributed by atoms with van der Waals surface area (Å²) in [5.41, 5.74) is 2.94. The molecule has 0 aliphatic rings. The Morgan fingerprint density at radius 2 is 2.06 bits per heavy atom. The van der Waals surface area contributed by atoms with Crippen LogP contribution in [0.4, 0.5) is 0 Å². The highest BCUT2D eigenvalue weighted by molar-refractivity contribution is 14.1. The Kier molecular flexibility index (Phi) is 3.05. The predicted octanol–water partition coefficient (Wildman–Crippen LogP) is 3.12. The molecule has 0 atom stereocenters. The van der Waals surface area contributed by atoms with Gasteiger partial charge in [0.25, 0.3) is 0 Å². The molecule has 0 saturated heterocycles. The maximum atomic E-state index is 9.18. The van der Waals surface area contributed by atoms with Crippen LogP contribution in [0.3, 0.4) is 0 Å². The molecule has 1 aromatic heterocycles. The first-order chi connectivity index (χ1) is 8.78. The zero-order valence-electron chi connectivity index (χ0n) is 9.55. The smallest absolute Gasteiger partial charge is 0.0741 e. The van der Waals surface area contributed by atoms with Crippen LogP contribution < -0.4 is 0 Å². The van der Waals surface area contributed by atoms with Crippen molar-refractivity contribution in [1.29, 1.82) is 0 Å². The van der Waals surface area contributed by atoms with E-state index < -0.39 is 0 Å². The minimum Gasteiger partial charge on any atom is -0.392 e. The largest absolute Gasteiger partial charge is 0.392 e. The standard InChI is InChI=1S/C14H11IN2O/c15-12-4-5-14-11(7-12)8-16-17(14)13-3-1-2-10(6-13)9-18/h1-8,18H,9H2. The van der Waals surface area contributed by atoms with Gasteiger partial charge < -0.3 is 5.11 Å². The summed E-state index contributed by atoms with van der Waals surface area (Å²) in [4.78, 5) is 0. The molecule has 1 N–H and O–H groups in total. The second kappa shape index (κ2) is 4.70. The Balaban J connectivity index is 2.19. The van der Waals surface area contributed by atoms with Crippen molar-refractivity contribution in [2.45, 2.75) is 6.61 Å². The number of aromatic nitrogens is 2. The third kappa shape index (κ3) is 2.02. The first-order valence-electron chi connectivity index (χ1n) is 5.61. The van der Waals surface area contributed by atoms with Crippen LogP contribution in [-0.2, 0) is 6.61 Å². The van der Waals surface area contributed by atoms with Crippen molar-refractivity contribution in [3.05, 3.63) is 57.8 Å². The monoisotopic (exact) mass is 350 g/mol. The maximum Gasteiger partial charge on any atom is 0.0741 e. The molecule has 0 amide bonds. The molecule has 3 rings (SSSR count). The first-order valence-corrected chi connectivity index (χ1v) is 6.69. The normalized spacial score (nSPS) is 11.0. The summed E-state index contributed by atoms with van der Waals surface area (Å²) >= 11 is 2.29. The molecule has 0 spiro atoms. The number of hydrogen-bond donors (Lipinski definition) is 1. The second-order valence-electron chi connectivity index (χ2n) is 4.09. The molecule has 0 radical (unpaired) electrons. The molecular weight excluding hydrogens is 339 g/mol. The van der Waals surface area contributed by atoms with Gasteiger partial charge in [0.15, 0.2) is 0 Å². The molecule has 0 fully saturated rings. The van der Waals surface area contributed by atoms with Crippen molar-refractivity contribution in [3.63, 3.8) is 0 Å². The zero-order valence-corrected chi connectivity index (χ0v) is 11.7. The summed E-state index contributed by atoms with van der Waals surface area (Å²) in [5, 5.41) is 14.7. The van der Waals surface area contributed by atoms with Gasteiger partial charge in [-0.1, -0.05) is 12.1 Å². The van der Waals surface area contributed by atoms with E-state index in [0.717, 1.165) is 22.2 Å². The Bertz CT molecular complexity index is 706. The molecule has 0 aliphatic carbocycles. The van der Waals surface area contributed by atoms with Gasteiger partial charge in [0.2, 0.25) is 0 Å². The first kappa shape index (κ1) is 11.7. The fourth-order valence-electron chi connectivity index (χ4n) is 2.00. The van der Waals surface area contributed by atoms with E-state index in [-0.39, 0.29) is 6.61 Å². The number of nitrogens with zero attached hydrogens (tertiary/aromatic N) is 2. The van der Waals surface area contributed by atoms with Crippen molar-refractivity contribution in [2.24, 2.45) is 0 Å². The van der Waals surface area contributed by atoms with Gasteiger partial charge in [-0.15, -0.1) is 0 Å². The molecule has 90 valence electrons. The lowest BCUT2D eigenvalue weighted by Gasteiger charge is -2.05. The lowest BCUT2D eigenvalue weighted by atomic mass is 10.2. The Morgan fingerprint density at radius 1 is 1.17 bits per heavy atom. The van der Waals surface area contributed by atoms with Crippen LogP contribution in [-0.4, -0.2) is 14.9 Å². The summed E-state index contributed by atoms with van der Waals surface area (Å²) in [6.45, 7) is 0.0466. The number of halogens is 1. The molecule has 3 aromatic rings. The van der Waals surface area contributed by atoms with Crippen molar-refractivity contribution in [3.8, 4) is 5.69 Å². The average Bonchev–Trinajstić information content (AvgIpc) is 2.81. The summed E-state index contributed by atoms with van der Waals surface area (Å²) in [5.74, 6) is 0. The van der Waals surface area contributed by atoms with Gasteiger partial charge in [-0.05, 0) is 58.5 Å². The highest BCUT2D eigenvalue weighted by Crippen LogP contribution is 2.21. The summed E-state index contributed by atoms with van der Waals surface area (Å²) < 4.78 is 3.09. The number of benzene rings is 2. The van der Waals surface area contributed by atoms with Crippen molar-refractivity contribution in [1.82, 2.24) is 9.78 Å². The van der Waals surface area contributed by atoms with Crippen LogP contribution in [0.5, 0.6) is 0 Å². The molecular formula is C14H11IN2O. The number of fused-ring (bicyclic) bond motifs is 1. The van der Waals surface area contributed by atoms with Crippen molar-refractivity contribution < 1.29 is 5.11 Å². The Morgan fingerprint density at radius 3 is 2.89 bits per heavy atom. The van der Waals surface area contributed by atoms with Crippen molar-refractivity contribution in [2.75, 3.05) is 0 Å². The topological polar surface area (TPSA) is 38.0 Å². The molecule has 0 saturated carbocycles. The molecule has 3 nitrogen and oxygen atoms in total. The fraction of sp³-hybridized carbons (Fsp3) is 0.0714. The average molecular weight is 350 g/mol. The molecule has 4 heteroatoms. The summed E-state index contributed by atoms with van der Waals surface area (Å²) in [6.07, 6.45) is 1.86. The van der Waals surface area contributed by atoms with E-state index in [9.17, 15) is 5.11 Å². The van der Waals surface area contributed by atoms with Gasteiger partial charge in [-0.3, -0.25) is 0 Å². The maximum absolute atomic E-state index is 9.18. The van der Waals surface area contributed by atoms with Gasteiger partial charge in [0.1, 0.15) is 0 Å². The Hall–Kier alpha value is -1.40. The zero-order chi connectivity index (χ0) is 12.5. The van der Waals surface area contributed by atoms with Gasteiger partial charge >= 0.3 is 0 Å². The van der Waals surface area contributed by atoms with Crippen LogP contribution in [0, 0.1) is 3.57 Å². The number of aliphatic hydroxyl groups excluding tert-OH is 1. The molecule has 2 aromatic carbocycles. The van der Waals surface area contributed by atoms with Crippen LogP contribution in [0.2, 0.25) is 0 Å². The molecule has 0 bridgehead atoms. The highest BCUT2D eigenvalue weighted by atomic mass is 127. The fourth-order valence-corrected chi connectivity index (χ4v) is 2.51.